The van der Waals surface area contributed by atoms with Crippen molar-refractivity contribution in [3.05, 3.63) is 58.1 Å². The molecule has 1 heterocycles. The Morgan fingerprint density at radius 3 is 2.31 bits per heavy atom. The Morgan fingerprint density at radius 2 is 1.69 bits per heavy atom. The molecule has 3 amide bonds. The second-order valence-electron chi connectivity index (χ2n) is 7.54. The number of amides is 3. The van der Waals surface area contributed by atoms with Crippen molar-refractivity contribution in [2.45, 2.75) is 25.2 Å². The first-order valence-electron chi connectivity index (χ1n) is 10.5. The molecule has 32 heavy (non-hydrogen) atoms. The summed E-state index contributed by atoms with van der Waals surface area (Å²) in [5.74, 6) is 0.203. The molecular formula is C23H25Cl2N5O2. The van der Waals surface area contributed by atoms with E-state index in [1.165, 1.54) is 5.56 Å². The van der Waals surface area contributed by atoms with E-state index < -0.39 is 0 Å². The average molecular weight is 474 g/mol. The number of urea groups is 1. The lowest BCUT2D eigenvalue weighted by molar-refractivity contribution is -0.115. The van der Waals surface area contributed by atoms with Gasteiger partial charge in [0.05, 0.1) is 28.3 Å². The van der Waals surface area contributed by atoms with Crippen molar-refractivity contribution in [2.24, 2.45) is 0 Å². The molecule has 0 aliphatic carbocycles. The maximum absolute atomic E-state index is 12.6. The fraction of sp³-hybridized carbons (Fsp3) is 0.348. The minimum Gasteiger partial charge on any atom is -0.325 e. The summed E-state index contributed by atoms with van der Waals surface area (Å²) >= 11 is 12.3. The van der Waals surface area contributed by atoms with Crippen LogP contribution in [0.15, 0.2) is 42.5 Å². The normalized spacial score (nSPS) is 14.0. The quantitative estimate of drug-likeness (QED) is 0.500. The van der Waals surface area contributed by atoms with Crippen LogP contribution in [0.25, 0.3) is 0 Å². The van der Waals surface area contributed by atoms with E-state index in [0.29, 0.717) is 47.7 Å². The summed E-state index contributed by atoms with van der Waals surface area (Å²) in [7, 11) is 0. The average Bonchev–Trinajstić information content (AvgIpc) is 2.80. The number of nitrogens with one attached hydrogen (secondary N) is 3. The lowest BCUT2D eigenvalue weighted by Gasteiger charge is -2.32. The Balaban J connectivity index is 1.47. The first-order chi connectivity index (χ1) is 15.5. The zero-order chi connectivity index (χ0) is 22.9. The van der Waals surface area contributed by atoms with Crippen molar-refractivity contribution in [1.82, 2.24) is 10.2 Å². The fourth-order valence-electron chi connectivity index (χ4n) is 3.61. The van der Waals surface area contributed by atoms with Gasteiger partial charge < -0.3 is 20.9 Å². The van der Waals surface area contributed by atoms with Crippen LogP contribution in [0.2, 0.25) is 10.0 Å². The van der Waals surface area contributed by atoms with Crippen LogP contribution < -0.4 is 16.0 Å². The van der Waals surface area contributed by atoms with Gasteiger partial charge in [0.2, 0.25) is 5.91 Å². The Morgan fingerprint density at radius 1 is 1.03 bits per heavy atom. The van der Waals surface area contributed by atoms with E-state index in [4.69, 9.17) is 28.5 Å². The molecule has 3 rings (SSSR count). The molecule has 2 aromatic carbocycles. The first kappa shape index (κ1) is 23.9. The molecule has 0 unspecified atom stereocenters. The van der Waals surface area contributed by atoms with Crippen molar-refractivity contribution in [3.63, 3.8) is 0 Å². The summed E-state index contributed by atoms with van der Waals surface area (Å²) in [6, 6.07) is 14.7. The number of hydrogen-bond donors (Lipinski definition) is 3. The van der Waals surface area contributed by atoms with Crippen LogP contribution in [0.5, 0.6) is 0 Å². The predicted molar refractivity (Wildman–Crippen MR) is 127 cm³/mol. The number of carbonyl (C=O) groups is 2. The second kappa shape index (κ2) is 11.7. The standard InChI is InChI=1S/C23H25Cl2N5O2/c24-19-3-1-4-20(25)22(19)29-23(32)30-13-9-17(10-14-30)16-5-7-18(8-6-16)28-21(31)15-27-12-2-11-26/h1,3-8,17,27H,2,9-10,12-15H2,(H,28,31)(H,29,32). The Bertz CT molecular complexity index is 963. The zero-order valence-electron chi connectivity index (χ0n) is 17.5. The number of benzene rings is 2. The number of piperidine rings is 1. The Labute approximate surface area is 197 Å². The summed E-state index contributed by atoms with van der Waals surface area (Å²) in [6.07, 6.45) is 2.06. The molecule has 9 heteroatoms. The SMILES string of the molecule is N#CCCNCC(=O)Nc1ccc(C2CCN(C(=O)Nc3c(Cl)cccc3Cl)CC2)cc1. The summed E-state index contributed by atoms with van der Waals surface area (Å²) in [6.45, 7) is 1.92. The van der Waals surface area contributed by atoms with Gasteiger partial charge in [0.1, 0.15) is 0 Å². The van der Waals surface area contributed by atoms with Gasteiger partial charge >= 0.3 is 6.03 Å². The molecule has 0 atom stereocenters. The third-order valence-electron chi connectivity index (χ3n) is 5.34. The monoisotopic (exact) mass is 473 g/mol. The van der Waals surface area contributed by atoms with Gasteiger partial charge in [0.15, 0.2) is 0 Å². The number of nitrogens with zero attached hydrogens (tertiary/aromatic N) is 2. The molecule has 1 saturated heterocycles. The van der Waals surface area contributed by atoms with E-state index in [9.17, 15) is 9.59 Å². The number of halogens is 2. The highest BCUT2D eigenvalue weighted by Gasteiger charge is 2.24. The molecule has 0 aromatic heterocycles. The van der Waals surface area contributed by atoms with E-state index in [0.717, 1.165) is 18.5 Å². The summed E-state index contributed by atoms with van der Waals surface area (Å²) in [5.41, 5.74) is 2.35. The van der Waals surface area contributed by atoms with E-state index >= 15 is 0 Å². The van der Waals surface area contributed by atoms with Gasteiger partial charge in [-0.1, -0.05) is 41.4 Å². The predicted octanol–water partition coefficient (Wildman–Crippen LogP) is 4.85. The lowest BCUT2D eigenvalue weighted by atomic mass is 9.89. The van der Waals surface area contributed by atoms with Crippen LogP contribution in [0.3, 0.4) is 0 Å². The maximum atomic E-state index is 12.6. The van der Waals surface area contributed by atoms with Gasteiger partial charge in [0.25, 0.3) is 0 Å². The number of nitriles is 1. The molecule has 1 aliphatic rings. The molecule has 1 fully saturated rings. The number of para-hydroxylation sites is 1. The molecule has 2 aromatic rings. The summed E-state index contributed by atoms with van der Waals surface area (Å²) in [4.78, 5) is 26.3. The van der Waals surface area contributed by atoms with E-state index in [1.54, 1.807) is 23.1 Å². The molecule has 0 radical (unpaired) electrons. The number of anilines is 2. The Hall–Kier alpha value is -2.79. The summed E-state index contributed by atoms with van der Waals surface area (Å²) in [5, 5.41) is 17.9. The third kappa shape index (κ3) is 6.60. The minimum atomic E-state index is -0.208. The fourth-order valence-corrected chi connectivity index (χ4v) is 4.10. The van der Waals surface area contributed by atoms with Gasteiger partial charge in [0, 0.05) is 31.7 Å². The molecule has 0 spiro atoms. The molecule has 0 saturated carbocycles. The van der Waals surface area contributed by atoms with Crippen molar-refractivity contribution in [2.75, 3.05) is 36.8 Å². The molecule has 3 N–H and O–H groups in total. The number of hydrogen-bond acceptors (Lipinski definition) is 4. The third-order valence-corrected chi connectivity index (χ3v) is 5.97. The van der Waals surface area contributed by atoms with Crippen molar-refractivity contribution >= 4 is 46.5 Å². The minimum absolute atomic E-state index is 0.145. The van der Waals surface area contributed by atoms with Crippen LogP contribution in [0.1, 0.15) is 30.7 Å². The summed E-state index contributed by atoms with van der Waals surface area (Å²) < 4.78 is 0. The van der Waals surface area contributed by atoms with Crippen molar-refractivity contribution in [3.8, 4) is 6.07 Å². The first-order valence-corrected chi connectivity index (χ1v) is 11.2. The van der Waals surface area contributed by atoms with E-state index in [2.05, 4.69) is 16.0 Å². The maximum Gasteiger partial charge on any atom is 0.321 e. The van der Waals surface area contributed by atoms with Crippen LogP contribution in [0, 0.1) is 11.3 Å². The lowest BCUT2D eigenvalue weighted by Crippen LogP contribution is -2.40. The highest BCUT2D eigenvalue weighted by molar-refractivity contribution is 6.39. The van der Waals surface area contributed by atoms with Gasteiger partial charge in [-0.15, -0.1) is 0 Å². The van der Waals surface area contributed by atoms with Gasteiger partial charge in [-0.25, -0.2) is 4.79 Å². The largest absolute Gasteiger partial charge is 0.325 e. The smallest absolute Gasteiger partial charge is 0.321 e. The number of rotatable bonds is 7. The van der Waals surface area contributed by atoms with Crippen molar-refractivity contribution < 1.29 is 9.59 Å². The molecule has 7 nitrogen and oxygen atoms in total. The van der Waals surface area contributed by atoms with Gasteiger partial charge in [-0.05, 0) is 48.6 Å². The van der Waals surface area contributed by atoms with Gasteiger partial charge in [-0.2, -0.15) is 5.26 Å². The van der Waals surface area contributed by atoms with E-state index in [-0.39, 0.29) is 18.5 Å². The van der Waals surface area contributed by atoms with E-state index in [1.807, 2.05) is 30.3 Å². The molecule has 168 valence electrons. The van der Waals surface area contributed by atoms with Crippen LogP contribution in [0.4, 0.5) is 16.2 Å². The van der Waals surface area contributed by atoms with Gasteiger partial charge in [-0.3, -0.25) is 4.79 Å². The highest BCUT2D eigenvalue weighted by atomic mass is 35.5. The van der Waals surface area contributed by atoms with Crippen LogP contribution >= 0.6 is 23.2 Å². The Kier molecular flexibility index (Phi) is 8.74. The van der Waals surface area contributed by atoms with Crippen molar-refractivity contribution in [1.29, 1.82) is 5.26 Å². The molecular weight excluding hydrogens is 449 g/mol. The van der Waals surface area contributed by atoms with Crippen LogP contribution in [-0.4, -0.2) is 43.0 Å². The number of likely N-dealkylation sites (tertiary alicyclic amines) is 1. The molecule has 0 bridgehead atoms. The zero-order valence-corrected chi connectivity index (χ0v) is 19.0. The number of carbonyl (C=O) groups excluding carboxylic acids is 2. The van der Waals surface area contributed by atoms with Crippen LogP contribution in [-0.2, 0) is 4.79 Å². The second-order valence-corrected chi connectivity index (χ2v) is 8.36. The highest BCUT2D eigenvalue weighted by Crippen LogP contribution is 2.32. The molecule has 1 aliphatic heterocycles. The topological polar surface area (TPSA) is 97.3 Å².